The van der Waals surface area contributed by atoms with Crippen LogP contribution in [0.15, 0.2) is 42.6 Å². The molecule has 0 aliphatic carbocycles. The highest BCUT2D eigenvalue weighted by Crippen LogP contribution is 2.29. The van der Waals surface area contributed by atoms with Crippen LogP contribution in [-0.2, 0) is 0 Å². The second-order valence-corrected chi connectivity index (χ2v) is 3.67. The largest absolute Gasteiger partial charge is 0.497 e. The number of hydrogen-bond donors (Lipinski definition) is 1. The van der Waals surface area contributed by atoms with Crippen LogP contribution in [0.1, 0.15) is 0 Å². The van der Waals surface area contributed by atoms with Gasteiger partial charge in [0, 0.05) is 25.0 Å². The molecule has 0 spiro atoms. The number of anilines is 3. The van der Waals surface area contributed by atoms with Crippen molar-refractivity contribution in [2.45, 2.75) is 0 Å². The number of pyridine rings is 1. The van der Waals surface area contributed by atoms with Gasteiger partial charge in [-0.05, 0) is 24.3 Å². The van der Waals surface area contributed by atoms with Gasteiger partial charge in [0.25, 0.3) is 0 Å². The van der Waals surface area contributed by atoms with Crippen molar-refractivity contribution in [1.82, 2.24) is 4.98 Å². The molecule has 0 aliphatic heterocycles. The van der Waals surface area contributed by atoms with E-state index in [2.05, 4.69) is 4.98 Å². The Balaban J connectivity index is 2.37. The van der Waals surface area contributed by atoms with Crippen LogP contribution < -0.4 is 15.4 Å². The molecule has 0 fully saturated rings. The van der Waals surface area contributed by atoms with Crippen molar-refractivity contribution in [3.05, 3.63) is 42.6 Å². The van der Waals surface area contributed by atoms with Crippen LogP contribution in [0.3, 0.4) is 0 Å². The van der Waals surface area contributed by atoms with Gasteiger partial charge in [-0.25, -0.2) is 4.98 Å². The van der Waals surface area contributed by atoms with Crippen LogP contribution in [-0.4, -0.2) is 19.1 Å². The second-order valence-electron chi connectivity index (χ2n) is 3.67. The van der Waals surface area contributed by atoms with Crippen LogP contribution in [0.25, 0.3) is 0 Å². The highest BCUT2D eigenvalue weighted by molar-refractivity contribution is 5.72. The van der Waals surface area contributed by atoms with E-state index < -0.39 is 0 Å². The predicted octanol–water partition coefficient (Wildman–Crippen LogP) is 2.44. The predicted molar refractivity (Wildman–Crippen MR) is 69.7 cm³/mol. The maximum Gasteiger partial charge on any atom is 0.147 e. The van der Waals surface area contributed by atoms with Gasteiger partial charge in [-0.3, -0.25) is 0 Å². The number of nitrogen functional groups attached to an aromatic ring is 1. The Labute approximate surface area is 101 Å². The Kier molecular flexibility index (Phi) is 3.14. The van der Waals surface area contributed by atoms with Gasteiger partial charge < -0.3 is 15.4 Å². The van der Waals surface area contributed by atoms with Crippen LogP contribution in [0, 0.1) is 0 Å². The molecule has 1 aromatic heterocycles. The van der Waals surface area contributed by atoms with Gasteiger partial charge in [0.15, 0.2) is 0 Å². The third-order valence-corrected chi connectivity index (χ3v) is 2.62. The van der Waals surface area contributed by atoms with E-state index in [0.717, 1.165) is 17.1 Å². The summed E-state index contributed by atoms with van der Waals surface area (Å²) in [6.07, 6.45) is 1.68. The Hall–Kier alpha value is -2.23. The van der Waals surface area contributed by atoms with Crippen molar-refractivity contribution in [3.8, 4) is 5.75 Å². The minimum atomic E-state index is 0.512. The number of hydrogen-bond acceptors (Lipinski definition) is 4. The minimum Gasteiger partial charge on any atom is -0.497 e. The zero-order valence-corrected chi connectivity index (χ0v) is 9.92. The van der Waals surface area contributed by atoms with Crippen LogP contribution >= 0.6 is 0 Å². The first kappa shape index (κ1) is 11.3. The van der Waals surface area contributed by atoms with Crippen LogP contribution in [0.2, 0.25) is 0 Å². The van der Waals surface area contributed by atoms with Gasteiger partial charge in [-0.15, -0.1) is 0 Å². The molecular weight excluding hydrogens is 214 g/mol. The van der Waals surface area contributed by atoms with E-state index in [1.165, 1.54) is 0 Å². The molecule has 0 saturated carbocycles. The summed E-state index contributed by atoms with van der Waals surface area (Å²) in [5.41, 5.74) is 7.72. The molecule has 0 radical (unpaired) electrons. The zero-order chi connectivity index (χ0) is 12.3. The number of benzene rings is 1. The van der Waals surface area contributed by atoms with E-state index in [9.17, 15) is 0 Å². The lowest BCUT2D eigenvalue weighted by atomic mass is 10.2. The molecule has 17 heavy (non-hydrogen) atoms. The van der Waals surface area contributed by atoms with E-state index in [0.29, 0.717) is 5.82 Å². The van der Waals surface area contributed by atoms with Gasteiger partial charge in [0.2, 0.25) is 0 Å². The van der Waals surface area contributed by atoms with Crippen LogP contribution in [0.4, 0.5) is 17.2 Å². The summed E-state index contributed by atoms with van der Waals surface area (Å²) in [5, 5.41) is 0. The van der Waals surface area contributed by atoms with Gasteiger partial charge >= 0.3 is 0 Å². The first-order valence-corrected chi connectivity index (χ1v) is 5.30. The standard InChI is InChI=1S/C13H15N3O/c1-16(12-7-4-8-15-13(12)14)10-5-3-6-11(9-10)17-2/h3-9H,1-2H3,(H2,14,15). The summed E-state index contributed by atoms with van der Waals surface area (Å²) in [4.78, 5) is 6.05. The topological polar surface area (TPSA) is 51.4 Å². The third-order valence-electron chi connectivity index (χ3n) is 2.62. The fraction of sp³-hybridized carbons (Fsp3) is 0.154. The monoisotopic (exact) mass is 229 g/mol. The van der Waals surface area contributed by atoms with Gasteiger partial charge in [0.1, 0.15) is 11.6 Å². The smallest absolute Gasteiger partial charge is 0.147 e. The van der Waals surface area contributed by atoms with Gasteiger partial charge in [-0.1, -0.05) is 6.07 Å². The Morgan fingerprint density at radius 2 is 2.06 bits per heavy atom. The van der Waals surface area contributed by atoms with Gasteiger partial charge in [-0.2, -0.15) is 0 Å². The van der Waals surface area contributed by atoms with Crippen LogP contribution in [0.5, 0.6) is 5.75 Å². The molecule has 2 N–H and O–H groups in total. The van der Waals surface area contributed by atoms with Crippen molar-refractivity contribution in [3.63, 3.8) is 0 Å². The Bertz CT molecular complexity index is 514. The van der Waals surface area contributed by atoms with Crippen molar-refractivity contribution >= 4 is 17.2 Å². The molecule has 0 atom stereocenters. The lowest BCUT2D eigenvalue weighted by Crippen LogP contribution is -2.12. The van der Waals surface area contributed by atoms with E-state index >= 15 is 0 Å². The van der Waals surface area contributed by atoms with E-state index in [-0.39, 0.29) is 0 Å². The number of nitrogens with zero attached hydrogens (tertiary/aromatic N) is 2. The first-order valence-electron chi connectivity index (χ1n) is 5.30. The molecular formula is C13H15N3O. The van der Waals surface area contributed by atoms with E-state index in [1.54, 1.807) is 13.3 Å². The minimum absolute atomic E-state index is 0.512. The highest BCUT2D eigenvalue weighted by Gasteiger charge is 2.08. The molecule has 2 aromatic rings. The summed E-state index contributed by atoms with van der Waals surface area (Å²) < 4.78 is 5.20. The number of aromatic nitrogens is 1. The van der Waals surface area contributed by atoms with E-state index in [4.69, 9.17) is 10.5 Å². The summed E-state index contributed by atoms with van der Waals surface area (Å²) in [6.45, 7) is 0. The molecule has 0 aliphatic rings. The lowest BCUT2D eigenvalue weighted by Gasteiger charge is -2.20. The quantitative estimate of drug-likeness (QED) is 0.878. The average Bonchev–Trinajstić information content (AvgIpc) is 2.38. The molecule has 4 nitrogen and oxygen atoms in total. The normalized spacial score (nSPS) is 10.0. The van der Waals surface area contributed by atoms with Gasteiger partial charge in [0.05, 0.1) is 12.8 Å². The second kappa shape index (κ2) is 4.74. The molecule has 2 rings (SSSR count). The molecule has 88 valence electrons. The number of rotatable bonds is 3. The van der Waals surface area contributed by atoms with Crippen molar-refractivity contribution < 1.29 is 4.74 Å². The zero-order valence-electron chi connectivity index (χ0n) is 9.92. The lowest BCUT2D eigenvalue weighted by molar-refractivity contribution is 0.415. The molecule has 1 aromatic carbocycles. The maximum atomic E-state index is 5.85. The van der Waals surface area contributed by atoms with E-state index in [1.807, 2.05) is 48.3 Å². The van der Waals surface area contributed by atoms with Crippen molar-refractivity contribution in [2.75, 3.05) is 24.8 Å². The molecule has 0 amide bonds. The number of methoxy groups -OCH3 is 1. The molecule has 4 heteroatoms. The maximum absolute atomic E-state index is 5.85. The number of ether oxygens (including phenoxy) is 1. The summed E-state index contributed by atoms with van der Waals surface area (Å²) >= 11 is 0. The molecule has 0 bridgehead atoms. The first-order chi connectivity index (χ1) is 8.22. The third kappa shape index (κ3) is 2.30. The average molecular weight is 229 g/mol. The summed E-state index contributed by atoms with van der Waals surface area (Å²) in [7, 11) is 3.60. The van der Waals surface area contributed by atoms with Crippen molar-refractivity contribution in [2.24, 2.45) is 0 Å². The molecule has 0 unspecified atom stereocenters. The SMILES string of the molecule is COc1cccc(N(C)c2cccnc2N)c1. The Morgan fingerprint density at radius 3 is 2.76 bits per heavy atom. The summed E-state index contributed by atoms with van der Waals surface area (Å²) in [6, 6.07) is 11.6. The Morgan fingerprint density at radius 1 is 1.24 bits per heavy atom. The molecule has 0 saturated heterocycles. The fourth-order valence-corrected chi connectivity index (χ4v) is 1.65. The fourth-order valence-electron chi connectivity index (χ4n) is 1.65. The molecule has 1 heterocycles. The highest BCUT2D eigenvalue weighted by atomic mass is 16.5. The number of nitrogens with two attached hydrogens (primary N) is 1. The van der Waals surface area contributed by atoms with Crippen molar-refractivity contribution in [1.29, 1.82) is 0 Å². The summed E-state index contributed by atoms with van der Waals surface area (Å²) in [5.74, 6) is 1.33.